The number of amides is 2. The standard InChI is InChI=1S/C32H37ClN2O8S/c1-21(35(31(40)43-32(2,3)4)19-28(36)24-7-6-8-25(33)18-24)17-22-9-13-26(14-10-22)44(41,42)27-15-11-23(12-16-27)30(39)34(5)20-29(37)38/h6-16,18,21,28,36H,17,19-20H2,1-5H3,(H,37,38)/t21-,28+/m1/s1. The maximum absolute atomic E-state index is 13.3. The quantitative estimate of drug-likeness (QED) is 0.289. The fraction of sp³-hybridized carbons (Fsp3) is 0.344. The van der Waals surface area contributed by atoms with E-state index in [1.807, 2.05) is 6.92 Å². The zero-order valence-electron chi connectivity index (χ0n) is 25.2. The van der Waals surface area contributed by atoms with Crippen LogP contribution in [-0.4, -0.2) is 78.2 Å². The number of carboxylic acids is 1. The SMILES string of the molecule is C[C@H](Cc1ccc(S(=O)(=O)c2ccc(C(=O)N(C)CC(=O)O)cc2)cc1)N(C[C@H](O)c1cccc(Cl)c1)C(=O)OC(C)(C)C. The first-order valence-corrected chi connectivity index (χ1v) is 15.7. The number of ether oxygens (including phenoxy) is 1. The largest absolute Gasteiger partial charge is 0.480 e. The third-order valence-electron chi connectivity index (χ3n) is 6.66. The van der Waals surface area contributed by atoms with Crippen molar-refractivity contribution in [1.29, 1.82) is 0 Å². The lowest BCUT2D eigenvalue weighted by Gasteiger charge is -2.33. The lowest BCUT2D eigenvalue weighted by molar-refractivity contribution is -0.137. The van der Waals surface area contributed by atoms with Crippen molar-refractivity contribution in [2.24, 2.45) is 0 Å². The van der Waals surface area contributed by atoms with E-state index < -0.39 is 52.1 Å². The van der Waals surface area contributed by atoms with Gasteiger partial charge < -0.3 is 24.7 Å². The molecule has 0 aliphatic rings. The molecule has 10 nitrogen and oxygen atoms in total. The molecule has 3 aromatic rings. The van der Waals surface area contributed by atoms with Crippen molar-refractivity contribution in [2.45, 2.75) is 61.7 Å². The number of aliphatic hydroxyl groups is 1. The van der Waals surface area contributed by atoms with E-state index in [-0.39, 0.29) is 21.9 Å². The van der Waals surface area contributed by atoms with E-state index in [1.165, 1.54) is 48.3 Å². The summed E-state index contributed by atoms with van der Waals surface area (Å²) in [4.78, 5) is 38.9. The first kappa shape index (κ1) is 34.6. The van der Waals surface area contributed by atoms with Gasteiger partial charge in [0.15, 0.2) is 0 Å². The Bertz CT molecular complexity index is 1590. The number of sulfone groups is 1. The summed E-state index contributed by atoms with van der Waals surface area (Å²) in [5, 5.41) is 20.3. The van der Waals surface area contributed by atoms with Crippen LogP contribution < -0.4 is 0 Å². The second kappa shape index (κ2) is 14.2. The summed E-state index contributed by atoms with van der Waals surface area (Å²) < 4.78 is 32.1. The van der Waals surface area contributed by atoms with Crippen LogP contribution in [0.2, 0.25) is 5.02 Å². The number of carbonyl (C=O) groups is 3. The summed E-state index contributed by atoms with van der Waals surface area (Å²) in [6, 6.07) is 17.9. The molecule has 0 aromatic heterocycles. The molecule has 0 radical (unpaired) electrons. The molecular weight excluding hydrogens is 608 g/mol. The van der Waals surface area contributed by atoms with E-state index in [1.54, 1.807) is 57.2 Å². The number of hydrogen-bond donors (Lipinski definition) is 2. The normalized spacial score (nSPS) is 13.1. The molecule has 12 heteroatoms. The fourth-order valence-corrected chi connectivity index (χ4v) is 5.88. The third kappa shape index (κ3) is 9.28. The molecule has 0 spiro atoms. The van der Waals surface area contributed by atoms with Crippen molar-refractivity contribution in [3.05, 3.63) is 94.5 Å². The number of likely N-dealkylation sites (N-methyl/N-ethyl adjacent to an activating group) is 1. The molecule has 236 valence electrons. The van der Waals surface area contributed by atoms with Crippen molar-refractivity contribution in [2.75, 3.05) is 20.1 Å². The first-order valence-electron chi connectivity index (χ1n) is 13.8. The van der Waals surface area contributed by atoms with Crippen LogP contribution in [0.25, 0.3) is 0 Å². The van der Waals surface area contributed by atoms with E-state index in [2.05, 4.69) is 0 Å². The van der Waals surface area contributed by atoms with Crippen LogP contribution in [0.3, 0.4) is 0 Å². The molecule has 0 fully saturated rings. The maximum Gasteiger partial charge on any atom is 0.410 e. The molecule has 0 saturated carbocycles. The molecule has 0 unspecified atom stereocenters. The van der Waals surface area contributed by atoms with Gasteiger partial charge in [0.25, 0.3) is 5.91 Å². The van der Waals surface area contributed by atoms with Crippen molar-refractivity contribution in [3.63, 3.8) is 0 Å². The summed E-state index contributed by atoms with van der Waals surface area (Å²) in [6.45, 7) is 6.54. The predicted molar refractivity (Wildman–Crippen MR) is 165 cm³/mol. The number of carboxylic acid groups (broad SMARTS) is 1. The number of carbonyl (C=O) groups excluding carboxylic acids is 2. The minimum Gasteiger partial charge on any atom is -0.480 e. The first-order chi connectivity index (χ1) is 20.5. The van der Waals surface area contributed by atoms with Crippen LogP contribution in [0.4, 0.5) is 4.79 Å². The second-order valence-electron chi connectivity index (χ2n) is 11.5. The number of rotatable bonds is 11. The molecule has 0 saturated heterocycles. The molecule has 0 aliphatic carbocycles. The Morgan fingerprint density at radius 3 is 2.05 bits per heavy atom. The van der Waals surface area contributed by atoms with Gasteiger partial charge in [0.05, 0.1) is 22.4 Å². The smallest absolute Gasteiger partial charge is 0.410 e. The lowest BCUT2D eigenvalue weighted by Crippen LogP contribution is -2.45. The zero-order valence-corrected chi connectivity index (χ0v) is 26.8. The molecule has 44 heavy (non-hydrogen) atoms. The van der Waals surface area contributed by atoms with Gasteiger partial charge in [-0.2, -0.15) is 0 Å². The van der Waals surface area contributed by atoms with Gasteiger partial charge in [0.2, 0.25) is 9.84 Å². The van der Waals surface area contributed by atoms with Gasteiger partial charge in [-0.1, -0.05) is 35.9 Å². The van der Waals surface area contributed by atoms with E-state index in [9.17, 15) is 27.9 Å². The number of halogens is 1. The maximum atomic E-state index is 13.3. The van der Waals surface area contributed by atoms with Crippen LogP contribution in [0.15, 0.2) is 82.6 Å². The van der Waals surface area contributed by atoms with Gasteiger partial charge in [-0.15, -0.1) is 0 Å². The minimum absolute atomic E-state index is 0.0258. The van der Waals surface area contributed by atoms with Crippen LogP contribution in [-0.2, 0) is 25.8 Å². The van der Waals surface area contributed by atoms with Gasteiger partial charge in [-0.05, 0) is 93.8 Å². The molecule has 0 bridgehead atoms. The average Bonchev–Trinajstić information content (AvgIpc) is 2.94. The second-order valence-corrected chi connectivity index (χ2v) is 13.9. The highest BCUT2D eigenvalue weighted by molar-refractivity contribution is 7.91. The van der Waals surface area contributed by atoms with Gasteiger partial charge in [0, 0.05) is 23.7 Å². The van der Waals surface area contributed by atoms with Crippen molar-refractivity contribution < 1.29 is 37.8 Å². The molecule has 3 aromatic carbocycles. The molecule has 2 N–H and O–H groups in total. The summed E-state index contributed by atoms with van der Waals surface area (Å²) in [5.41, 5.74) is 0.709. The highest BCUT2D eigenvalue weighted by Crippen LogP contribution is 2.25. The Balaban J connectivity index is 1.77. The Morgan fingerprint density at radius 1 is 0.955 bits per heavy atom. The summed E-state index contributed by atoms with van der Waals surface area (Å²) in [5.74, 6) is -1.71. The topological polar surface area (TPSA) is 142 Å². The number of nitrogens with zero attached hydrogens (tertiary/aromatic N) is 2. The lowest BCUT2D eigenvalue weighted by atomic mass is 10.0. The summed E-state index contributed by atoms with van der Waals surface area (Å²) in [6.07, 6.45) is -1.26. The number of aliphatic carboxylic acids is 1. The number of benzene rings is 3. The van der Waals surface area contributed by atoms with Crippen LogP contribution in [0.5, 0.6) is 0 Å². The van der Waals surface area contributed by atoms with Gasteiger partial charge >= 0.3 is 12.1 Å². The van der Waals surface area contributed by atoms with Crippen LogP contribution in [0, 0.1) is 0 Å². The summed E-state index contributed by atoms with van der Waals surface area (Å²) in [7, 11) is -2.57. The zero-order chi connectivity index (χ0) is 32.8. The highest BCUT2D eigenvalue weighted by atomic mass is 35.5. The Kier molecular flexibility index (Phi) is 11.2. The number of aliphatic hydroxyl groups excluding tert-OH is 1. The van der Waals surface area contributed by atoms with E-state index in [0.717, 1.165) is 10.5 Å². The van der Waals surface area contributed by atoms with Gasteiger partial charge in [0.1, 0.15) is 12.1 Å². The predicted octanol–water partition coefficient (Wildman–Crippen LogP) is 5.23. The molecule has 2 atom stereocenters. The van der Waals surface area contributed by atoms with E-state index in [4.69, 9.17) is 21.4 Å². The van der Waals surface area contributed by atoms with E-state index in [0.29, 0.717) is 17.0 Å². The molecule has 0 aliphatic heterocycles. The number of hydrogen-bond acceptors (Lipinski definition) is 7. The minimum atomic E-state index is -3.91. The van der Waals surface area contributed by atoms with Gasteiger partial charge in [-0.25, -0.2) is 13.2 Å². The monoisotopic (exact) mass is 644 g/mol. The van der Waals surface area contributed by atoms with Crippen LogP contribution in [0.1, 0.15) is 55.3 Å². The molecule has 3 rings (SSSR count). The Labute approximate surface area is 262 Å². The molecule has 2 amide bonds. The van der Waals surface area contributed by atoms with Crippen molar-refractivity contribution in [1.82, 2.24) is 9.80 Å². The summed E-state index contributed by atoms with van der Waals surface area (Å²) >= 11 is 6.08. The fourth-order valence-electron chi connectivity index (χ4n) is 4.42. The van der Waals surface area contributed by atoms with Crippen molar-refractivity contribution >= 4 is 39.4 Å². The average molecular weight is 645 g/mol. The van der Waals surface area contributed by atoms with Gasteiger partial charge in [-0.3, -0.25) is 9.59 Å². The molecular formula is C32H37ClN2O8S. The Morgan fingerprint density at radius 2 is 1.52 bits per heavy atom. The van der Waals surface area contributed by atoms with Crippen LogP contribution >= 0.6 is 11.6 Å². The third-order valence-corrected chi connectivity index (χ3v) is 8.68. The van der Waals surface area contributed by atoms with Crippen molar-refractivity contribution in [3.8, 4) is 0 Å². The van der Waals surface area contributed by atoms with E-state index >= 15 is 0 Å². The Hall–Kier alpha value is -3.93. The highest BCUT2D eigenvalue weighted by Gasteiger charge is 2.29. The molecule has 0 heterocycles.